The number of hydrogen-bond donors (Lipinski definition) is 1. The van der Waals surface area contributed by atoms with Gasteiger partial charge in [-0.1, -0.05) is 24.3 Å². The normalized spacial score (nSPS) is 10.2. The molecular formula is C17H12N2O3. The lowest BCUT2D eigenvalue weighted by atomic mass is 10.2. The minimum atomic E-state index is -0.416. The van der Waals surface area contributed by atoms with Gasteiger partial charge in [-0.25, -0.2) is 0 Å². The number of nitrogens with zero attached hydrogens (tertiary/aromatic N) is 1. The molecule has 0 unspecified atom stereocenters. The van der Waals surface area contributed by atoms with E-state index in [-0.39, 0.29) is 5.76 Å². The van der Waals surface area contributed by atoms with Crippen LogP contribution in [0.2, 0.25) is 0 Å². The van der Waals surface area contributed by atoms with Crippen molar-refractivity contribution in [3.05, 3.63) is 59.9 Å². The number of fused-ring (bicyclic) bond motifs is 1. The van der Waals surface area contributed by atoms with Crippen molar-refractivity contribution in [1.82, 2.24) is 0 Å². The van der Waals surface area contributed by atoms with Gasteiger partial charge in [-0.15, -0.1) is 0 Å². The first-order chi connectivity index (χ1) is 10.7. The van der Waals surface area contributed by atoms with Crippen molar-refractivity contribution >= 4 is 22.6 Å². The Bertz CT molecular complexity index is 890. The molecule has 22 heavy (non-hydrogen) atoms. The zero-order valence-corrected chi connectivity index (χ0v) is 11.8. The quantitative estimate of drug-likeness (QED) is 0.800. The molecule has 2 aromatic carbocycles. The van der Waals surface area contributed by atoms with Gasteiger partial charge in [0.05, 0.1) is 18.4 Å². The Hall–Kier alpha value is -3.26. The van der Waals surface area contributed by atoms with Crippen LogP contribution in [0.25, 0.3) is 11.0 Å². The number of rotatable bonds is 3. The summed E-state index contributed by atoms with van der Waals surface area (Å²) in [6, 6.07) is 15.9. The largest absolute Gasteiger partial charge is 0.493 e. The Morgan fingerprint density at radius 2 is 2.05 bits per heavy atom. The number of carbonyl (C=O) groups is 1. The maximum Gasteiger partial charge on any atom is 0.291 e. The average molecular weight is 292 g/mol. The average Bonchev–Trinajstić information content (AvgIpc) is 2.99. The molecule has 0 saturated carbocycles. The second-order valence-corrected chi connectivity index (χ2v) is 4.60. The summed E-state index contributed by atoms with van der Waals surface area (Å²) in [6.07, 6.45) is 0. The van der Waals surface area contributed by atoms with Gasteiger partial charge in [0.2, 0.25) is 0 Å². The number of benzene rings is 2. The summed E-state index contributed by atoms with van der Waals surface area (Å²) in [5, 5.41) is 12.5. The fourth-order valence-electron chi connectivity index (χ4n) is 2.18. The molecule has 0 atom stereocenters. The van der Waals surface area contributed by atoms with Crippen LogP contribution >= 0.6 is 0 Å². The molecule has 0 spiro atoms. The van der Waals surface area contributed by atoms with Crippen LogP contribution in [0.15, 0.2) is 52.9 Å². The third kappa shape index (κ3) is 2.38. The van der Waals surface area contributed by atoms with Crippen molar-refractivity contribution < 1.29 is 13.9 Å². The van der Waals surface area contributed by atoms with Gasteiger partial charge in [-0.3, -0.25) is 4.79 Å². The summed E-state index contributed by atoms with van der Waals surface area (Å²) < 4.78 is 10.8. The number of hydrogen-bond acceptors (Lipinski definition) is 4. The number of ether oxygens (including phenoxy) is 1. The van der Waals surface area contributed by atoms with Crippen molar-refractivity contribution in [3.63, 3.8) is 0 Å². The molecule has 1 N–H and O–H groups in total. The number of nitriles is 1. The highest BCUT2D eigenvalue weighted by molar-refractivity contribution is 6.05. The molecule has 5 nitrogen and oxygen atoms in total. The molecule has 0 saturated heterocycles. The Kier molecular flexibility index (Phi) is 3.50. The lowest BCUT2D eigenvalue weighted by Crippen LogP contribution is -2.11. The van der Waals surface area contributed by atoms with Crippen molar-refractivity contribution in [2.75, 3.05) is 12.4 Å². The molecule has 3 aromatic rings. The second-order valence-electron chi connectivity index (χ2n) is 4.60. The van der Waals surface area contributed by atoms with E-state index in [0.29, 0.717) is 22.6 Å². The summed E-state index contributed by atoms with van der Waals surface area (Å²) in [5.41, 5.74) is 1.36. The molecule has 5 heteroatoms. The van der Waals surface area contributed by atoms with Gasteiger partial charge < -0.3 is 14.5 Å². The van der Waals surface area contributed by atoms with Crippen LogP contribution in [0.5, 0.6) is 5.75 Å². The summed E-state index contributed by atoms with van der Waals surface area (Å²) in [5.74, 6) is 0.308. The van der Waals surface area contributed by atoms with Crippen LogP contribution in [0, 0.1) is 11.3 Å². The monoisotopic (exact) mass is 292 g/mol. The molecule has 3 rings (SSSR count). The lowest BCUT2D eigenvalue weighted by molar-refractivity contribution is 0.0998. The molecule has 0 fully saturated rings. The fraction of sp³-hybridized carbons (Fsp3) is 0.0588. The Labute approximate surface area is 126 Å². The number of nitrogens with one attached hydrogen (secondary N) is 1. The Morgan fingerprint density at radius 3 is 2.82 bits per heavy atom. The van der Waals surface area contributed by atoms with Crippen molar-refractivity contribution in [3.8, 4) is 11.8 Å². The van der Waals surface area contributed by atoms with Gasteiger partial charge >= 0.3 is 0 Å². The molecular weight excluding hydrogens is 280 g/mol. The van der Waals surface area contributed by atoms with E-state index >= 15 is 0 Å². The highest BCUT2D eigenvalue weighted by Crippen LogP contribution is 2.29. The predicted octanol–water partition coefficient (Wildman–Crippen LogP) is 3.57. The predicted molar refractivity (Wildman–Crippen MR) is 81.9 cm³/mol. The fourth-order valence-corrected chi connectivity index (χ4v) is 2.18. The molecule has 0 aliphatic rings. The molecule has 108 valence electrons. The molecule has 0 aliphatic heterocycles. The lowest BCUT2D eigenvalue weighted by Gasteiger charge is -2.04. The van der Waals surface area contributed by atoms with Gasteiger partial charge in [0.1, 0.15) is 6.07 Å². The van der Waals surface area contributed by atoms with E-state index in [9.17, 15) is 4.79 Å². The van der Waals surface area contributed by atoms with Crippen LogP contribution in [-0.2, 0) is 0 Å². The molecule has 1 heterocycles. The standard InChI is InChI=1S/C17H12N2O3/c1-21-14-8-4-6-11-9-15(22-16(11)14)17(20)19-13-7-3-2-5-12(13)10-18/h2-9H,1H3,(H,19,20). The molecule has 0 aliphatic carbocycles. The highest BCUT2D eigenvalue weighted by atomic mass is 16.5. The van der Waals surface area contributed by atoms with Crippen LogP contribution in [0.4, 0.5) is 5.69 Å². The number of anilines is 1. The zero-order chi connectivity index (χ0) is 15.5. The van der Waals surface area contributed by atoms with Gasteiger partial charge in [0.15, 0.2) is 17.1 Å². The van der Waals surface area contributed by atoms with Crippen LogP contribution < -0.4 is 10.1 Å². The minimum absolute atomic E-state index is 0.159. The summed E-state index contributed by atoms with van der Waals surface area (Å²) in [4.78, 5) is 12.3. The number of carbonyl (C=O) groups excluding carboxylic acids is 1. The van der Waals surface area contributed by atoms with Crippen molar-refractivity contribution in [2.24, 2.45) is 0 Å². The van der Waals surface area contributed by atoms with Crippen LogP contribution in [0.3, 0.4) is 0 Å². The van der Waals surface area contributed by atoms with Gasteiger partial charge in [-0.2, -0.15) is 5.26 Å². The van der Waals surface area contributed by atoms with Crippen molar-refractivity contribution in [1.29, 1.82) is 5.26 Å². The molecule has 0 bridgehead atoms. The first-order valence-corrected chi connectivity index (χ1v) is 6.60. The first kappa shape index (κ1) is 13.7. The summed E-state index contributed by atoms with van der Waals surface area (Å²) in [6.45, 7) is 0. The third-order valence-electron chi connectivity index (χ3n) is 3.25. The maximum absolute atomic E-state index is 12.3. The van der Waals surface area contributed by atoms with E-state index < -0.39 is 5.91 Å². The summed E-state index contributed by atoms with van der Waals surface area (Å²) in [7, 11) is 1.54. The van der Waals surface area contributed by atoms with Crippen molar-refractivity contribution in [2.45, 2.75) is 0 Å². The zero-order valence-electron chi connectivity index (χ0n) is 11.8. The van der Waals surface area contributed by atoms with Crippen LogP contribution in [-0.4, -0.2) is 13.0 Å². The van der Waals surface area contributed by atoms with E-state index in [1.807, 2.05) is 18.2 Å². The first-order valence-electron chi connectivity index (χ1n) is 6.60. The van der Waals surface area contributed by atoms with E-state index in [4.69, 9.17) is 14.4 Å². The molecule has 1 amide bonds. The Balaban J connectivity index is 1.94. The highest BCUT2D eigenvalue weighted by Gasteiger charge is 2.15. The smallest absolute Gasteiger partial charge is 0.291 e. The topological polar surface area (TPSA) is 75.3 Å². The Morgan fingerprint density at radius 1 is 1.23 bits per heavy atom. The van der Waals surface area contributed by atoms with E-state index in [0.717, 1.165) is 5.39 Å². The third-order valence-corrected chi connectivity index (χ3v) is 3.25. The SMILES string of the molecule is COc1cccc2cc(C(=O)Nc3ccccc3C#N)oc12. The van der Waals surface area contributed by atoms with E-state index in [1.54, 1.807) is 43.5 Å². The van der Waals surface area contributed by atoms with E-state index in [1.165, 1.54) is 0 Å². The minimum Gasteiger partial charge on any atom is -0.493 e. The molecule has 1 aromatic heterocycles. The summed E-state index contributed by atoms with van der Waals surface area (Å²) >= 11 is 0. The second kappa shape index (κ2) is 5.62. The van der Waals surface area contributed by atoms with Crippen LogP contribution in [0.1, 0.15) is 16.1 Å². The number of methoxy groups -OCH3 is 1. The number of furan rings is 1. The van der Waals surface area contributed by atoms with Gasteiger partial charge in [0.25, 0.3) is 5.91 Å². The number of amides is 1. The maximum atomic E-state index is 12.3. The van der Waals surface area contributed by atoms with E-state index in [2.05, 4.69) is 5.32 Å². The number of para-hydroxylation sites is 2. The molecule has 0 radical (unpaired) electrons. The van der Waals surface area contributed by atoms with Gasteiger partial charge in [-0.05, 0) is 24.3 Å². The van der Waals surface area contributed by atoms with Gasteiger partial charge in [0, 0.05) is 5.39 Å².